The highest BCUT2D eigenvalue weighted by Crippen LogP contribution is 2.08. The average molecular weight is 318 g/mol. The maximum absolute atomic E-state index is 11.7. The van der Waals surface area contributed by atoms with Gasteiger partial charge in [-0.15, -0.1) is 12.4 Å². The van der Waals surface area contributed by atoms with Crippen molar-refractivity contribution < 1.29 is 9.59 Å². The highest BCUT2D eigenvalue weighted by molar-refractivity contribution is 5.90. The summed E-state index contributed by atoms with van der Waals surface area (Å²) in [6.45, 7) is 0.849. The van der Waals surface area contributed by atoms with E-state index in [9.17, 15) is 9.59 Å². The molecule has 0 fully saturated rings. The van der Waals surface area contributed by atoms with Crippen LogP contribution in [0.3, 0.4) is 0 Å². The second-order valence-electron chi connectivity index (χ2n) is 4.60. The maximum atomic E-state index is 11.7. The van der Waals surface area contributed by atoms with Crippen molar-refractivity contribution in [2.75, 3.05) is 18.9 Å². The Morgan fingerprint density at radius 1 is 1.24 bits per heavy atom. The zero-order chi connectivity index (χ0) is 14.8. The van der Waals surface area contributed by atoms with Crippen molar-refractivity contribution in [3.63, 3.8) is 0 Å². The van der Waals surface area contributed by atoms with Gasteiger partial charge >= 0.3 is 0 Å². The van der Waals surface area contributed by atoms with Crippen molar-refractivity contribution in [2.45, 2.75) is 38.6 Å². The van der Waals surface area contributed by atoms with Crippen LogP contribution in [0.25, 0.3) is 0 Å². The Labute approximate surface area is 131 Å². The van der Waals surface area contributed by atoms with Crippen LogP contribution in [0.15, 0.2) is 12.4 Å². The van der Waals surface area contributed by atoms with Crippen molar-refractivity contribution in [1.29, 1.82) is 0 Å². The monoisotopic (exact) mass is 317 g/mol. The van der Waals surface area contributed by atoms with Gasteiger partial charge in [-0.3, -0.25) is 14.3 Å². The molecular weight excluding hydrogens is 294 g/mol. The highest BCUT2D eigenvalue weighted by Gasteiger charge is 2.06. The maximum Gasteiger partial charge on any atom is 0.241 e. The van der Waals surface area contributed by atoms with Gasteiger partial charge in [0, 0.05) is 19.7 Å². The average Bonchev–Trinajstić information content (AvgIpc) is 2.85. The third kappa shape index (κ3) is 8.31. The first-order chi connectivity index (χ1) is 9.65. The van der Waals surface area contributed by atoms with Crippen molar-refractivity contribution in [1.82, 2.24) is 15.1 Å². The van der Waals surface area contributed by atoms with Crippen molar-refractivity contribution >= 4 is 29.9 Å². The fourth-order valence-corrected chi connectivity index (χ4v) is 1.75. The molecule has 0 saturated heterocycles. The number of anilines is 1. The number of aromatic nitrogens is 2. The topological polar surface area (TPSA) is 102 Å². The molecule has 21 heavy (non-hydrogen) atoms. The van der Waals surface area contributed by atoms with Crippen molar-refractivity contribution in [3.05, 3.63) is 12.4 Å². The van der Waals surface area contributed by atoms with Gasteiger partial charge < -0.3 is 16.4 Å². The SMILES string of the molecule is CNC(=O)Cn1cc(NC(=O)CCCCCCN)cn1.Cl. The molecule has 7 nitrogen and oxygen atoms in total. The lowest BCUT2D eigenvalue weighted by atomic mass is 10.1. The molecule has 4 N–H and O–H groups in total. The van der Waals surface area contributed by atoms with Crippen LogP contribution in [0, 0.1) is 0 Å². The van der Waals surface area contributed by atoms with Crippen LogP contribution in [0.1, 0.15) is 32.1 Å². The number of carbonyl (C=O) groups excluding carboxylic acids is 2. The van der Waals surface area contributed by atoms with E-state index in [0.29, 0.717) is 18.7 Å². The number of nitrogens with one attached hydrogen (secondary N) is 2. The van der Waals surface area contributed by atoms with Gasteiger partial charge in [-0.1, -0.05) is 12.8 Å². The quantitative estimate of drug-likeness (QED) is 0.589. The van der Waals surface area contributed by atoms with Gasteiger partial charge in [0.1, 0.15) is 6.54 Å². The Kier molecular flexibility index (Phi) is 10.3. The molecular formula is C13H24ClN5O2. The Bertz CT molecular complexity index is 436. The highest BCUT2D eigenvalue weighted by atomic mass is 35.5. The molecule has 0 unspecified atom stereocenters. The largest absolute Gasteiger partial charge is 0.358 e. The summed E-state index contributed by atoms with van der Waals surface area (Å²) in [5, 5.41) is 9.28. The summed E-state index contributed by atoms with van der Waals surface area (Å²) in [6.07, 6.45) is 7.61. The first-order valence-corrected chi connectivity index (χ1v) is 6.88. The zero-order valence-corrected chi connectivity index (χ0v) is 13.1. The minimum absolute atomic E-state index is 0. The summed E-state index contributed by atoms with van der Waals surface area (Å²) in [4.78, 5) is 22.9. The number of nitrogens with zero attached hydrogens (tertiary/aromatic N) is 2. The molecule has 1 heterocycles. The van der Waals surface area contributed by atoms with E-state index < -0.39 is 0 Å². The van der Waals surface area contributed by atoms with Crippen LogP contribution in [0.2, 0.25) is 0 Å². The van der Waals surface area contributed by atoms with E-state index >= 15 is 0 Å². The predicted octanol–water partition coefficient (Wildman–Crippen LogP) is 0.899. The lowest BCUT2D eigenvalue weighted by Crippen LogP contribution is -2.23. The molecule has 0 radical (unpaired) electrons. The number of rotatable bonds is 9. The number of amides is 2. The number of carbonyl (C=O) groups is 2. The van der Waals surface area contributed by atoms with Gasteiger partial charge in [-0.05, 0) is 19.4 Å². The molecule has 0 atom stereocenters. The third-order valence-electron chi connectivity index (χ3n) is 2.86. The van der Waals surface area contributed by atoms with Crippen LogP contribution in [-0.4, -0.2) is 35.2 Å². The van der Waals surface area contributed by atoms with Crippen LogP contribution < -0.4 is 16.4 Å². The summed E-state index contributed by atoms with van der Waals surface area (Å²) in [7, 11) is 1.57. The molecule has 0 aromatic carbocycles. The minimum atomic E-state index is -0.133. The Balaban J connectivity index is 0.00000400. The fraction of sp³-hybridized carbons (Fsp3) is 0.615. The molecule has 0 aliphatic heterocycles. The van der Waals surface area contributed by atoms with E-state index in [1.165, 1.54) is 10.9 Å². The lowest BCUT2D eigenvalue weighted by Gasteiger charge is -2.02. The molecule has 2 amide bonds. The summed E-state index contributed by atoms with van der Waals surface area (Å²) in [5.74, 6) is -0.164. The van der Waals surface area contributed by atoms with Crippen LogP contribution >= 0.6 is 12.4 Å². The van der Waals surface area contributed by atoms with Crippen LogP contribution in [-0.2, 0) is 16.1 Å². The van der Waals surface area contributed by atoms with Gasteiger partial charge in [0.25, 0.3) is 0 Å². The first-order valence-electron chi connectivity index (χ1n) is 6.88. The Hall–Kier alpha value is -1.60. The summed E-state index contributed by atoms with van der Waals surface area (Å²) >= 11 is 0. The number of nitrogens with two attached hydrogens (primary N) is 1. The van der Waals surface area contributed by atoms with E-state index in [1.807, 2.05) is 0 Å². The standard InChI is InChI=1S/C13H23N5O2.ClH/c1-15-13(20)10-18-9-11(8-16-18)17-12(19)6-4-2-3-5-7-14;/h8-9H,2-7,10,14H2,1H3,(H,15,20)(H,17,19);1H. The fourth-order valence-electron chi connectivity index (χ4n) is 1.75. The van der Waals surface area contributed by atoms with E-state index in [-0.39, 0.29) is 30.8 Å². The van der Waals surface area contributed by atoms with E-state index in [0.717, 1.165) is 25.7 Å². The summed E-state index contributed by atoms with van der Waals surface area (Å²) in [5.41, 5.74) is 6.01. The summed E-state index contributed by atoms with van der Waals surface area (Å²) < 4.78 is 1.48. The molecule has 0 saturated carbocycles. The molecule has 0 aliphatic rings. The molecule has 0 spiro atoms. The van der Waals surface area contributed by atoms with E-state index in [4.69, 9.17) is 5.73 Å². The molecule has 8 heteroatoms. The number of halogens is 1. The Morgan fingerprint density at radius 2 is 1.95 bits per heavy atom. The van der Waals surface area contributed by atoms with E-state index in [2.05, 4.69) is 15.7 Å². The molecule has 1 rings (SSSR count). The molecule has 0 aliphatic carbocycles. The second-order valence-corrected chi connectivity index (χ2v) is 4.60. The van der Waals surface area contributed by atoms with E-state index in [1.54, 1.807) is 13.2 Å². The third-order valence-corrected chi connectivity index (χ3v) is 2.86. The number of hydrogen-bond acceptors (Lipinski definition) is 4. The van der Waals surface area contributed by atoms with Gasteiger partial charge in [0.15, 0.2) is 0 Å². The van der Waals surface area contributed by atoms with Crippen molar-refractivity contribution in [3.8, 4) is 0 Å². The predicted molar refractivity (Wildman–Crippen MR) is 84.3 cm³/mol. The number of hydrogen-bond donors (Lipinski definition) is 3. The van der Waals surface area contributed by atoms with Gasteiger partial charge in [0.05, 0.1) is 11.9 Å². The molecule has 1 aromatic heterocycles. The second kappa shape index (κ2) is 11.1. The summed E-state index contributed by atoms with van der Waals surface area (Å²) in [6, 6.07) is 0. The molecule has 120 valence electrons. The smallest absolute Gasteiger partial charge is 0.241 e. The van der Waals surface area contributed by atoms with Gasteiger partial charge in [0.2, 0.25) is 11.8 Å². The minimum Gasteiger partial charge on any atom is -0.358 e. The van der Waals surface area contributed by atoms with Crippen LogP contribution in [0.4, 0.5) is 5.69 Å². The normalized spacial score (nSPS) is 9.81. The van der Waals surface area contributed by atoms with Crippen LogP contribution in [0.5, 0.6) is 0 Å². The van der Waals surface area contributed by atoms with Gasteiger partial charge in [-0.25, -0.2) is 0 Å². The lowest BCUT2D eigenvalue weighted by molar-refractivity contribution is -0.121. The zero-order valence-electron chi connectivity index (χ0n) is 12.3. The number of unbranched alkanes of at least 4 members (excludes halogenated alkanes) is 3. The number of likely N-dealkylation sites (N-methyl/N-ethyl adjacent to an activating group) is 1. The molecule has 0 bridgehead atoms. The van der Waals surface area contributed by atoms with Crippen molar-refractivity contribution in [2.24, 2.45) is 5.73 Å². The Morgan fingerprint density at radius 3 is 2.62 bits per heavy atom. The first kappa shape index (κ1) is 19.4. The van der Waals surface area contributed by atoms with Gasteiger partial charge in [-0.2, -0.15) is 5.10 Å². The molecule has 1 aromatic rings.